The minimum atomic E-state index is -0.0646. The van der Waals surface area contributed by atoms with Gasteiger partial charge >= 0.3 is 0 Å². The summed E-state index contributed by atoms with van der Waals surface area (Å²) in [6, 6.07) is 5.75. The molecule has 1 rings (SSSR count). The number of hydrogen-bond donors (Lipinski definition) is 1. The summed E-state index contributed by atoms with van der Waals surface area (Å²) >= 11 is 3.44. The van der Waals surface area contributed by atoms with Crippen LogP contribution in [0.15, 0.2) is 22.7 Å². The number of ether oxygens (including phenoxy) is 1. The average molecular weight is 328 g/mol. The van der Waals surface area contributed by atoms with E-state index in [-0.39, 0.29) is 11.9 Å². The van der Waals surface area contributed by atoms with E-state index in [4.69, 9.17) is 4.74 Å². The quantitative estimate of drug-likeness (QED) is 0.867. The van der Waals surface area contributed by atoms with Crippen LogP contribution in [0.5, 0.6) is 0 Å². The highest BCUT2D eigenvalue weighted by molar-refractivity contribution is 9.10. The lowest BCUT2D eigenvalue weighted by Gasteiger charge is -2.22. The Morgan fingerprint density at radius 3 is 2.63 bits per heavy atom. The van der Waals surface area contributed by atoms with Crippen molar-refractivity contribution in [3.8, 4) is 0 Å². The molecule has 4 heteroatoms. The zero-order valence-corrected chi connectivity index (χ0v) is 13.6. The molecule has 0 heterocycles. The molecule has 0 radical (unpaired) electrons. The number of nitrogens with one attached hydrogen (secondary N) is 1. The van der Waals surface area contributed by atoms with E-state index in [9.17, 15) is 4.79 Å². The summed E-state index contributed by atoms with van der Waals surface area (Å²) in [6.45, 7) is 9.31. The Labute approximate surface area is 123 Å². The highest BCUT2D eigenvalue weighted by atomic mass is 79.9. The van der Waals surface area contributed by atoms with Crippen LogP contribution in [0.25, 0.3) is 0 Å². The Kier molecular flexibility index (Phi) is 6.52. The molecule has 1 amide bonds. The summed E-state index contributed by atoms with van der Waals surface area (Å²) in [6.07, 6.45) is 0. The van der Waals surface area contributed by atoms with Crippen LogP contribution in [0.1, 0.15) is 36.7 Å². The van der Waals surface area contributed by atoms with Crippen molar-refractivity contribution in [1.82, 2.24) is 5.32 Å². The fourth-order valence-electron chi connectivity index (χ4n) is 1.70. The highest BCUT2D eigenvalue weighted by Gasteiger charge is 2.18. The minimum Gasteiger partial charge on any atom is -0.380 e. The first-order chi connectivity index (χ1) is 8.95. The standard InChI is InChI=1S/C15H22BrNO2/c1-5-19-9-14(10(2)3)17-15(18)12-7-6-11(4)8-13(12)16/h6-8,10,14H,5,9H2,1-4H3,(H,17,18). The summed E-state index contributed by atoms with van der Waals surface area (Å²) < 4.78 is 6.24. The second kappa shape index (κ2) is 7.65. The third-order valence-electron chi connectivity index (χ3n) is 2.99. The molecule has 0 saturated carbocycles. The lowest BCUT2D eigenvalue weighted by molar-refractivity contribution is 0.0805. The second-order valence-corrected chi connectivity index (χ2v) is 5.82. The Morgan fingerprint density at radius 1 is 1.42 bits per heavy atom. The third kappa shape index (κ3) is 4.96. The number of amides is 1. The van der Waals surface area contributed by atoms with E-state index >= 15 is 0 Å². The van der Waals surface area contributed by atoms with Gasteiger partial charge in [-0.3, -0.25) is 4.79 Å². The summed E-state index contributed by atoms with van der Waals surface area (Å²) in [4.78, 5) is 12.3. The van der Waals surface area contributed by atoms with Gasteiger partial charge in [0.05, 0.1) is 18.2 Å². The van der Waals surface area contributed by atoms with Crippen LogP contribution in [0.2, 0.25) is 0 Å². The number of rotatable bonds is 6. The first kappa shape index (κ1) is 16.2. The maximum absolute atomic E-state index is 12.3. The Bertz CT molecular complexity index is 432. The second-order valence-electron chi connectivity index (χ2n) is 4.97. The third-order valence-corrected chi connectivity index (χ3v) is 3.65. The van der Waals surface area contributed by atoms with Crippen LogP contribution < -0.4 is 5.32 Å². The van der Waals surface area contributed by atoms with Crippen molar-refractivity contribution in [3.05, 3.63) is 33.8 Å². The minimum absolute atomic E-state index is 0.0284. The molecule has 0 spiro atoms. The van der Waals surface area contributed by atoms with Crippen LogP contribution in [-0.2, 0) is 4.74 Å². The van der Waals surface area contributed by atoms with Gasteiger partial charge in [-0.25, -0.2) is 0 Å². The zero-order chi connectivity index (χ0) is 14.4. The van der Waals surface area contributed by atoms with E-state index in [1.165, 1.54) is 0 Å². The predicted octanol–water partition coefficient (Wildman–Crippen LogP) is 3.55. The molecule has 0 fully saturated rings. The van der Waals surface area contributed by atoms with E-state index in [1.54, 1.807) is 0 Å². The summed E-state index contributed by atoms with van der Waals surface area (Å²) in [7, 11) is 0. The lowest BCUT2D eigenvalue weighted by Crippen LogP contribution is -2.42. The number of carbonyl (C=O) groups is 1. The predicted molar refractivity (Wildman–Crippen MR) is 81.5 cm³/mol. The van der Waals surface area contributed by atoms with Gasteiger partial charge in [-0.15, -0.1) is 0 Å². The number of hydrogen-bond acceptors (Lipinski definition) is 2. The molecule has 3 nitrogen and oxygen atoms in total. The molecule has 0 aliphatic heterocycles. The van der Waals surface area contributed by atoms with Crippen LogP contribution >= 0.6 is 15.9 Å². The van der Waals surface area contributed by atoms with Gasteiger partial charge in [0.2, 0.25) is 0 Å². The maximum Gasteiger partial charge on any atom is 0.252 e. The van der Waals surface area contributed by atoms with Gasteiger partial charge in [-0.1, -0.05) is 19.9 Å². The normalized spacial score (nSPS) is 12.5. The molecule has 0 aliphatic carbocycles. The van der Waals surface area contributed by atoms with Gasteiger partial charge in [0.15, 0.2) is 0 Å². The van der Waals surface area contributed by atoms with E-state index in [0.29, 0.717) is 24.7 Å². The molecule has 106 valence electrons. The largest absolute Gasteiger partial charge is 0.380 e. The van der Waals surface area contributed by atoms with Crippen molar-refractivity contribution in [2.45, 2.75) is 33.7 Å². The van der Waals surface area contributed by atoms with Gasteiger partial charge in [0, 0.05) is 11.1 Å². The molecular weight excluding hydrogens is 306 g/mol. The molecule has 0 aliphatic rings. The van der Waals surface area contributed by atoms with Gasteiger partial charge < -0.3 is 10.1 Å². The van der Waals surface area contributed by atoms with E-state index in [2.05, 4.69) is 35.1 Å². The Morgan fingerprint density at radius 2 is 2.11 bits per heavy atom. The number of benzene rings is 1. The van der Waals surface area contributed by atoms with Gasteiger partial charge in [-0.2, -0.15) is 0 Å². The van der Waals surface area contributed by atoms with Crippen LogP contribution in [0, 0.1) is 12.8 Å². The van der Waals surface area contributed by atoms with Crippen LogP contribution in [0.4, 0.5) is 0 Å². The van der Waals surface area contributed by atoms with Crippen molar-refractivity contribution in [3.63, 3.8) is 0 Å². The van der Waals surface area contributed by atoms with E-state index in [0.717, 1.165) is 10.0 Å². The number of halogens is 1. The van der Waals surface area contributed by atoms with E-state index in [1.807, 2.05) is 32.0 Å². The molecule has 1 aromatic rings. The molecule has 1 N–H and O–H groups in total. The molecule has 0 saturated heterocycles. The summed E-state index contributed by atoms with van der Waals surface area (Å²) in [5.41, 5.74) is 1.78. The maximum atomic E-state index is 12.3. The molecule has 1 aromatic carbocycles. The zero-order valence-electron chi connectivity index (χ0n) is 12.0. The van der Waals surface area contributed by atoms with Gasteiger partial charge in [0.25, 0.3) is 5.91 Å². The molecular formula is C15H22BrNO2. The Hall–Kier alpha value is -0.870. The fourth-order valence-corrected chi connectivity index (χ4v) is 2.37. The number of carbonyl (C=O) groups excluding carboxylic acids is 1. The molecule has 19 heavy (non-hydrogen) atoms. The Balaban J connectivity index is 2.76. The fraction of sp³-hybridized carbons (Fsp3) is 0.533. The molecule has 1 unspecified atom stereocenters. The summed E-state index contributed by atoms with van der Waals surface area (Å²) in [5.74, 6) is 0.269. The van der Waals surface area contributed by atoms with E-state index < -0.39 is 0 Å². The first-order valence-electron chi connectivity index (χ1n) is 6.60. The van der Waals surface area contributed by atoms with Crippen molar-refractivity contribution >= 4 is 21.8 Å². The van der Waals surface area contributed by atoms with Crippen molar-refractivity contribution in [1.29, 1.82) is 0 Å². The van der Waals surface area contributed by atoms with Crippen molar-refractivity contribution in [2.75, 3.05) is 13.2 Å². The number of aryl methyl sites for hydroxylation is 1. The summed E-state index contributed by atoms with van der Waals surface area (Å²) in [5, 5.41) is 3.03. The van der Waals surface area contributed by atoms with Crippen LogP contribution in [-0.4, -0.2) is 25.2 Å². The topological polar surface area (TPSA) is 38.3 Å². The molecule has 0 bridgehead atoms. The van der Waals surface area contributed by atoms with Crippen molar-refractivity contribution in [2.24, 2.45) is 5.92 Å². The van der Waals surface area contributed by atoms with Crippen molar-refractivity contribution < 1.29 is 9.53 Å². The monoisotopic (exact) mass is 327 g/mol. The molecule has 0 aromatic heterocycles. The average Bonchev–Trinajstić information content (AvgIpc) is 2.33. The molecule has 1 atom stereocenters. The SMILES string of the molecule is CCOCC(NC(=O)c1ccc(C)cc1Br)C(C)C. The first-order valence-corrected chi connectivity index (χ1v) is 7.39. The highest BCUT2D eigenvalue weighted by Crippen LogP contribution is 2.18. The lowest BCUT2D eigenvalue weighted by atomic mass is 10.0. The van der Waals surface area contributed by atoms with Gasteiger partial charge in [-0.05, 0) is 53.4 Å². The van der Waals surface area contributed by atoms with Crippen LogP contribution in [0.3, 0.4) is 0 Å². The smallest absolute Gasteiger partial charge is 0.252 e. The van der Waals surface area contributed by atoms with Gasteiger partial charge in [0.1, 0.15) is 0 Å².